The number of carbonyl (C=O) groups excluding carboxylic acids is 5. The summed E-state index contributed by atoms with van der Waals surface area (Å²) in [5.74, 6) is -2.51. The maximum atomic E-state index is 13.7. The number of aliphatic carboxylic acids is 1. The van der Waals surface area contributed by atoms with Crippen LogP contribution in [0.15, 0.2) is 72.8 Å². The van der Waals surface area contributed by atoms with E-state index in [1.54, 1.807) is 50.2 Å². The third-order valence-electron chi connectivity index (χ3n) is 8.01. The van der Waals surface area contributed by atoms with E-state index >= 15 is 0 Å². The molecule has 13 nitrogen and oxygen atoms in total. The van der Waals surface area contributed by atoms with Gasteiger partial charge >= 0.3 is 12.0 Å². The van der Waals surface area contributed by atoms with Crippen molar-refractivity contribution >= 4 is 58.3 Å². The molecular weight excluding hydrogens is 652 g/mol. The summed E-state index contributed by atoms with van der Waals surface area (Å²) in [4.78, 5) is 78.7. The lowest BCUT2D eigenvalue weighted by Crippen LogP contribution is -2.50. The minimum absolute atomic E-state index is 0.213. The molecule has 0 unspecified atom stereocenters. The van der Waals surface area contributed by atoms with Crippen molar-refractivity contribution in [3.63, 3.8) is 0 Å². The van der Waals surface area contributed by atoms with Crippen LogP contribution in [0.5, 0.6) is 0 Å². The van der Waals surface area contributed by atoms with Crippen molar-refractivity contribution in [1.82, 2.24) is 9.80 Å². The molecule has 51 heavy (non-hydrogen) atoms. The molecule has 0 bridgehead atoms. The number of benzene rings is 3. The molecule has 272 valence electrons. The average molecular weight is 701 g/mol. The standard InChI is InChI=1S/C38H48N6O7/c1-25(2)19-21-43(34(47)24-44(22-20-35(48)49)36(50)28-11-13-29(14-12-28)39-27(4)45)23-33(46)38(5,6)42-31-17-15-30(16-18-31)40-37(51)41-32-10-8-7-9-26(32)3/h7-18,25,42H,19-24H2,1-6H3,(H,39,45)(H,48,49)(H2,40,41,51). The van der Waals surface area contributed by atoms with Gasteiger partial charge in [0.2, 0.25) is 11.8 Å². The number of nitrogens with zero attached hydrogens (tertiary/aromatic N) is 2. The van der Waals surface area contributed by atoms with Crippen molar-refractivity contribution in [2.24, 2.45) is 5.92 Å². The number of anilines is 4. The Balaban J connectivity index is 1.69. The minimum atomic E-state index is -1.13. The van der Waals surface area contributed by atoms with Crippen LogP contribution in [0.1, 0.15) is 63.4 Å². The predicted molar refractivity (Wildman–Crippen MR) is 198 cm³/mol. The summed E-state index contributed by atoms with van der Waals surface area (Å²) >= 11 is 0. The molecule has 13 heteroatoms. The number of amides is 5. The van der Waals surface area contributed by atoms with Crippen LogP contribution in [-0.4, -0.2) is 82.1 Å². The van der Waals surface area contributed by atoms with Gasteiger partial charge in [0.15, 0.2) is 5.78 Å². The van der Waals surface area contributed by atoms with Crippen LogP contribution >= 0.6 is 0 Å². The maximum absolute atomic E-state index is 13.7. The largest absolute Gasteiger partial charge is 0.481 e. The first-order valence-corrected chi connectivity index (χ1v) is 16.8. The van der Waals surface area contributed by atoms with Crippen molar-refractivity contribution < 1.29 is 33.9 Å². The first kappa shape index (κ1) is 39.7. The quantitative estimate of drug-likeness (QED) is 0.116. The summed E-state index contributed by atoms with van der Waals surface area (Å²) in [7, 11) is 0. The van der Waals surface area contributed by atoms with E-state index in [1.807, 2.05) is 45.0 Å². The lowest BCUT2D eigenvalue weighted by atomic mass is 9.97. The molecule has 0 aliphatic carbocycles. The number of urea groups is 1. The highest BCUT2D eigenvalue weighted by molar-refractivity contribution is 6.01. The first-order chi connectivity index (χ1) is 24.0. The van der Waals surface area contributed by atoms with Gasteiger partial charge in [-0.3, -0.25) is 24.0 Å². The fraction of sp³-hybridized carbons (Fsp3) is 0.368. The van der Waals surface area contributed by atoms with Gasteiger partial charge in [-0.1, -0.05) is 32.0 Å². The van der Waals surface area contributed by atoms with Crippen LogP contribution in [0, 0.1) is 12.8 Å². The first-order valence-electron chi connectivity index (χ1n) is 16.8. The molecule has 0 spiro atoms. The van der Waals surface area contributed by atoms with Crippen molar-refractivity contribution in [3.05, 3.63) is 83.9 Å². The van der Waals surface area contributed by atoms with Crippen molar-refractivity contribution in [2.45, 2.75) is 59.9 Å². The lowest BCUT2D eigenvalue weighted by molar-refractivity contribution is -0.139. The molecule has 0 aromatic heterocycles. The van der Waals surface area contributed by atoms with E-state index in [1.165, 1.54) is 24.0 Å². The van der Waals surface area contributed by atoms with E-state index in [0.29, 0.717) is 29.2 Å². The molecule has 0 fully saturated rings. The number of hydrogen-bond acceptors (Lipinski definition) is 7. The molecule has 5 N–H and O–H groups in total. The van der Waals surface area contributed by atoms with Crippen LogP contribution < -0.4 is 21.3 Å². The third-order valence-corrected chi connectivity index (χ3v) is 8.01. The summed E-state index contributed by atoms with van der Waals surface area (Å²) in [6.45, 7) is 10.0. The van der Waals surface area contributed by atoms with Gasteiger partial charge in [-0.15, -0.1) is 0 Å². The van der Waals surface area contributed by atoms with E-state index in [2.05, 4.69) is 21.3 Å². The number of carbonyl (C=O) groups is 6. The van der Waals surface area contributed by atoms with Gasteiger partial charge in [-0.25, -0.2) is 4.79 Å². The fourth-order valence-corrected chi connectivity index (χ4v) is 4.97. The zero-order valence-electron chi connectivity index (χ0n) is 30.0. The smallest absolute Gasteiger partial charge is 0.323 e. The van der Waals surface area contributed by atoms with E-state index in [4.69, 9.17) is 0 Å². The number of Topliss-reactive ketones (excluding diaryl/α,β-unsaturated/α-hetero) is 1. The molecule has 0 saturated heterocycles. The zero-order chi connectivity index (χ0) is 37.7. The average Bonchev–Trinajstić information content (AvgIpc) is 3.06. The molecule has 0 radical (unpaired) electrons. The monoisotopic (exact) mass is 700 g/mol. The van der Waals surface area contributed by atoms with Crippen LogP contribution in [0.3, 0.4) is 0 Å². The Morgan fingerprint density at radius 2 is 1.33 bits per heavy atom. The van der Waals surface area contributed by atoms with Gasteiger partial charge in [0.1, 0.15) is 6.54 Å². The van der Waals surface area contributed by atoms with E-state index in [-0.39, 0.29) is 49.2 Å². The second-order valence-electron chi connectivity index (χ2n) is 13.3. The summed E-state index contributed by atoms with van der Waals surface area (Å²) in [6, 6.07) is 20.0. The number of hydrogen-bond donors (Lipinski definition) is 5. The van der Waals surface area contributed by atoms with Gasteiger partial charge in [-0.2, -0.15) is 0 Å². The zero-order valence-corrected chi connectivity index (χ0v) is 30.0. The predicted octanol–water partition coefficient (Wildman–Crippen LogP) is 5.85. The van der Waals surface area contributed by atoms with Crippen molar-refractivity contribution in [3.8, 4) is 0 Å². The maximum Gasteiger partial charge on any atom is 0.323 e. The Hall–Kier alpha value is -5.72. The highest BCUT2D eigenvalue weighted by Crippen LogP contribution is 2.21. The van der Waals surface area contributed by atoms with Gasteiger partial charge in [0.05, 0.1) is 18.5 Å². The number of carboxylic acids is 1. The van der Waals surface area contributed by atoms with Gasteiger partial charge < -0.3 is 36.2 Å². The summed E-state index contributed by atoms with van der Waals surface area (Å²) in [5.41, 5.74) is 2.38. The van der Waals surface area contributed by atoms with Crippen molar-refractivity contribution in [1.29, 1.82) is 0 Å². The molecule has 0 aliphatic heterocycles. The van der Waals surface area contributed by atoms with Gasteiger partial charge in [0.25, 0.3) is 5.91 Å². The lowest BCUT2D eigenvalue weighted by Gasteiger charge is -2.32. The molecule has 5 amide bonds. The van der Waals surface area contributed by atoms with Crippen LogP contribution in [0.2, 0.25) is 0 Å². The summed E-state index contributed by atoms with van der Waals surface area (Å²) in [6.07, 6.45) is 0.225. The van der Waals surface area contributed by atoms with E-state index in [9.17, 15) is 33.9 Å². The number of para-hydroxylation sites is 1. The summed E-state index contributed by atoms with van der Waals surface area (Å²) < 4.78 is 0. The number of rotatable bonds is 17. The Labute approximate surface area is 298 Å². The van der Waals surface area contributed by atoms with Crippen LogP contribution in [-0.2, 0) is 19.2 Å². The van der Waals surface area contributed by atoms with E-state index < -0.39 is 35.9 Å². The second kappa shape index (κ2) is 18.3. The molecule has 0 aliphatic rings. The number of ketones is 1. The molecule has 3 aromatic carbocycles. The molecular formula is C38H48N6O7. The minimum Gasteiger partial charge on any atom is -0.481 e. The number of carboxylic acid groups (broad SMARTS) is 1. The third kappa shape index (κ3) is 12.9. The Kier molecular flexibility index (Phi) is 14.3. The SMILES string of the molecule is CC(=O)Nc1ccc(C(=O)N(CCC(=O)O)CC(=O)N(CCC(C)C)CC(=O)C(C)(C)Nc2ccc(NC(=O)Nc3ccccc3C)cc2)cc1. The van der Waals surface area contributed by atoms with Gasteiger partial charge in [0, 0.05) is 48.3 Å². The van der Waals surface area contributed by atoms with Crippen LogP contribution in [0.4, 0.5) is 27.5 Å². The number of nitrogens with one attached hydrogen (secondary N) is 4. The molecule has 3 rings (SSSR count). The topological polar surface area (TPSA) is 177 Å². The summed E-state index contributed by atoms with van der Waals surface area (Å²) in [5, 5.41) is 20.8. The molecule has 0 atom stereocenters. The molecule has 0 heterocycles. The van der Waals surface area contributed by atoms with Crippen LogP contribution in [0.25, 0.3) is 0 Å². The van der Waals surface area contributed by atoms with Crippen molar-refractivity contribution in [2.75, 3.05) is 47.4 Å². The Bertz CT molecular complexity index is 1700. The fourth-order valence-electron chi connectivity index (χ4n) is 4.97. The van der Waals surface area contributed by atoms with E-state index in [0.717, 1.165) is 10.5 Å². The Morgan fingerprint density at radius 3 is 1.92 bits per heavy atom. The number of aryl methyl sites for hydroxylation is 1. The Morgan fingerprint density at radius 1 is 0.745 bits per heavy atom. The highest BCUT2D eigenvalue weighted by Gasteiger charge is 2.31. The second-order valence-corrected chi connectivity index (χ2v) is 13.3. The molecule has 3 aromatic rings. The molecule has 0 saturated carbocycles. The normalized spacial score (nSPS) is 11.0. The van der Waals surface area contributed by atoms with Gasteiger partial charge in [-0.05, 0) is 93.3 Å². The highest BCUT2D eigenvalue weighted by atomic mass is 16.4.